The number of ether oxygens (including phenoxy) is 1. The Kier molecular flexibility index (Phi) is 6.12. The highest BCUT2D eigenvalue weighted by Gasteiger charge is 2.75. The molecule has 39 heavy (non-hydrogen) atoms. The number of nitrogens with two attached hydrogens (primary N) is 1. The molecule has 2 saturated carbocycles. The van der Waals surface area contributed by atoms with E-state index in [4.69, 9.17) is 10.5 Å². The molecule has 1 saturated heterocycles. The molecule has 1 amide bonds. The summed E-state index contributed by atoms with van der Waals surface area (Å²) in [6, 6.07) is 5.78. The molecule has 1 atom stereocenters. The molecule has 3 fully saturated rings. The number of hydrogen-bond acceptors (Lipinski definition) is 8. The maximum atomic E-state index is 13.6. The summed E-state index contributed by atoms with van der Waals surface area (Å²) in [5.74, 6) is -1.13. The number of likely N-dealkylation sites (N-methyl/N-ethyl adjacent to an activating group) is 1. The first-order valence-electron chi connectivity index (χ1n) is 13.4. The van der Waals surface area contributed by atoms with E-state index in [2.05, 4.69) is 39.3 Å². The lowest BCUT2D eigenvalue weighted by Crippen LogP contribution is -2.52. The Morgan fingerprint density at radius 3 is 2.72 bits per heavy atom. The predicted octanol–water partition coefficient (Wildman–Crippen LogP) is 3.09. The van der Waals surface area contributed by atoms with Crippen molar-refractivity contribution in [2.45, 2.75) is 44.7 Å². The fraction of sp³-hybridized carbons (Fsp3) is 0.556. The second-order valence-corrected chi connectivity index (χ2v) is 11.4. The first kappa shape index (κ1) is 25.7. The summed E-state index contributed by atoms with van der Waals surface area (Å²) < 4.78 is 34.6. The Labute approximate surface area is 225 Å². The molecule has 3 heterocycles. The van der Waals surface area contributed by atoms with Crippen LogP contribution in [0.3, 0.4) is 0 Å². The van der Waals surface area contributed by atoms with Crippen LogP contribution in [0.5, 0.6) is 5.75 Å². The molecule has 1 aromatic carbocycles. The highest BCUT2D eigenvalue weighted by atomic mass is 19.3. The van der Waals surface area contributed by atoms with Gasteiger partial charge in [-0.15, -0.1) is 0 Å². The highest BCUT2D eigenvalue weighted by molar-refractivity contribution is 5.95. The van der Waals surface area contributed by atoms with E-state index in [9.17, 15) is 13.6 Å². The number of carbonyl (C=O) groups is 1. The molecule has 6 rings (SSSR count). The molecule has 0 radical (unpaired) electrons. The minimum atomic E-state index is -2.50. The molecule has 0 unspecified atom stereocenters. The highest BCUT2D eigenvalue weighted by Crippen LogP contribution is 2.72. The van der Waals surface area contributed by atoms with Crippen LogP contribution >= 0.6 is 0 Å². The van der Waals surface area contributed by atoms with Crippen LogP contribution in [0.4, 0.5) is 20.5 Å². The van der Waals surface area contributed by atoms with Crippen molar-refractivity contribution in [2.75, 3.05) is 51.4 Å². The van der Waals surface area contributed by atoms with Crippen LogP contribution in [0.25, 0.3) is 11.0 Å². The van der Waals surface area contributed by atoms with Gasteiger partial charge in [-0.3, -0.25) is 9.48 Å². The molecule has 1 spiro atoms. The zero-order valence-corrected chi connectivity index (χ0v) is 22.5. The maximum Gasteiger partial charge on any atom is 0.254 e. The summed E-state index contributed by atoms with van der Waals surface area (Å²) in [5, 5.41) is 7.82. The van der Waals surface area contributed by atoms with Gasteiger partial charge in [-0.05, 0) is 44.9 Å². The summed E-state index contributed by atoms with van der Waals surface area (Å²) in [6.07, 6.45) is 2.67. The molecule has 2 aliphatic carbocycles. The number of aromatic nitrogens is 4. The standard InChI is InChI=1S/C27H34F2N8O2/c1-16-13-36(7-6-35(16)2)24(38)18-4-5-19(21(8-18)39-3)14-37-22-20(12-32-37)33-25(30)34-23(22)31-11-17-9-26(10-17)15-27(26,28)29/h4-5,8,12,16-17H,6-7,9-11,13-15H2,1-3H3,(H3,30,31,33,34)/t16-,17?,26?/m0/s1. The first-order valence-corrected chi connectivity index (χ1v) is 13.4. The van der Waals surface area contributed by atoms with Crippen molar-refractivity contribution in [3.8, 4) is 5.75 Å². The van der Waals surface area contributed by atoms with Crippen LogP contribution in [-0.2, 0) is 6.54 Å². The topological polar surface area (TPSA) is 114 Å². The van der Waals surface area contributed by atoms with Crippen molar-refractivity contribution in [3.63, 3.8) is 0 Å². The number of rotatable bonds is 7. The van der Waals surface area contributed by atoms with Gasteiger partial charge < -0.3 is 25.6 Å². The molecule has 208 valence electrons. The molecule has 3 aliphatic rings. The van der Waals surface area contributed by atoms with Crippen molar-refractivity contribution >= 4 is 28.7 Å². The third-order valence-electron chi connectivity index (χ3n) is 8.74. The van der Waals surface area contributed by atoms with Crippen LogP contribution in [0.1, 0.15) is 42.1 Å². The van der Waals surface area contributed by atoms with Gasteiger partial charge in [-0.1, -0.05) is 6.07 Å². The van der Waals surface area contributed by atoms with Crippen molar-refractivity contribution in [2.24, 2.45) is 11.3 Å². The normalized spacial score (nSPS) is 26.0. The number of alkyl halides is 2. The number of amides is 1. The lowest BCUT2D eigenvalue weighted by atomic mass is 9.71. The summed E-state index contributed by atoms with van der Waals surface area (Å²) in [5.41, 5.74) is 7.84. The van der Waals surface area contributed by atoms with Gasteiger partial charge in [0, 0.05) is 55.2 Å². The average Bonchev–Trinajstić information content (AvgIpc) is 3.25. The quantitative estimate of drug-likeness (QED) is 0.470. The van der Waals surface area contributed by atoms with Gasteiger partial charge in [0.05, 0.1) is 19.9 Å². The number of nitrogens with one attached hydrogen (secondary N) is 1. The van der Waals surface area contributed by atoms with Gasteiger partial charge in [-0.2, -0.15) is 10.1 Å². The third-order valence-corrected chi connectivity index (χ3v) is 8.74. The Hall–Kier alpha value is -3.54. The van der Waals surface area contributed by atoms with Crippen LogP contribution in [0.2, 0.25) is 0 Å². The number of piperazine rings is 1. The lowest BCUT2D eigenvalue weighted by Gasteiger charge is -2.37. The lowest BCUT2D eigenvalue weighted by molar-refractivity contribution is 0.00528. The number of nitrogen functional groups attached to an aromatic ring is 1. The second-order valence-electron chi connectivity index (χ2n) is 11.4. The molecule has 1 aliphatic heterocycles. The SMILES string of the molecule is COc1cc(C(=O)N2CCN(C)[C@@H](C)C2)ccc1Cn1ncc2nc(N)nc(NCC3CC4(C3)CC4(F)F)c21. The molecule has 3 aromatic rings. The molecular formula is C27H34F2N8O2. The number of nitrogens with zero attached hydrogens (tertiary/aromatic N) is 6. The Bertz CT molecular complexity index is 1420. The molecule has 3 N–H and O–H groups in total. The monoisotopic (exact) mass is 540 g/mol. The molecule has 10 nitrogen and oxygen atoms in total. The average molecular weight is 541 g/mol. The number of fused-ring (bicyclic) bond motifs is 1. The van der Waals surface area contributed by atoms with Gasteiger partial charge in [0.2, 0.25) is 5.95 Å². The van der Waals surface area contributed by atoms with Gasteiger partial charge in [0.25, 0.3) is 11.8 Å². The van der Waals surface area contributed by atoms with Crippen LogP contribution < -0.4 is 15.8 Å². The number of hydrogen-bond donors (Lipinski definition) is 2. The van der Waals surface area contributed by atoms with E-state index in [0.717, 1.165) is 12.1 Å². The van der Waals surface area contributed by atoms with Crippen molar-refractivity contribution in [1.82, 2.24) is 29.5 Å². The van der Waals surface area contributed by atoms with Crippen molar-refractivity contribution < 1.29 is 18.3 Å². The van der Waals surface area contributed by atoms with E-state index in [-0.39, 0.29) is 24.2 Å². The smallest absolute Gasteiger partial charge is 0.254 e. The van der Waals surface area contributed by atoms with Gasteiger partial charge in [0.1, 0.15) is 16.8 Å². The van der Waals surface area contributed by atoms with Gasteiger partial charge in [0.15, 0.2) is 5.82 Å². The van der Waals surface area contributed by atoms with E-state index in [1.54, 1.807) is 24.1 Å². The van der Waals surface area contributed by atoms with E-state index in [1.807, 2.05) is 17.0 Å². The second kappa shape index (κ2) is 9.29. The Balaban J connectivity index is 1.20. The maximum absolute atomic E-state index is 13.6. The van der Waals surface area contributed by atoms with Crippen molar-refractivity contribution in [3.05, 3.63) is 35.5 Å². The van der Waals surface area contributed by atoms with Gasteiger partial charge in [-0.25, -0.2) is 13.8 Å². The number of methoxy groups -OCH3 is 1. The van der Waals surface area contributed by atoms with Crippen LogP contribution in [0, 0.1) is 11.3 Å². The molecular weight excluding hydrogens is 506 g/mol. The van der Waals surface area contributed by atoms with E-state index in [0.29, 0.717) is 73.2 Å². The Morgan fingerprint density at radius 2 is 2.03 bits per heavy atom. The number of benzene rings is 1. The van der Waals surface area contributed by atoms with Crippen LogP contribution in [0.15, 0.2) is 24.4 Å². The summed E-state index contributed by atoms with van der Waals surface area (Å²) in [4.78, 5) is 26.0. The predicted molar refractivity (Wildman–Crippen MR) is 143 cm³/mol. The van der Waals surface area contributed by atoms with Crippen molar-refractivity contribution in [1.29, 1.82) is 0 Å². The molecule has 2 aromatic heterocycles. The number of anilines is 2. The van der Waals surface area contributed by atoms with Gasteiger partial charge >= 0.3 is 0 Å². The minimum Gasteiger partial charge on any atom is -0.496 e. The summed E-state index contributed by atoms with van der Waals surface area (Å²) in [7, 11) is 3.65. The zero-order valence-electron chi connectivity index (χ0n) is 22.5. The molecule has 12 heteroatoms. The van der Waals surface area contributed by atoms with E-state index < -0.39 is 11.3 Å². The fourth-order valence-corrected chi connectivity index (χ4v) is 6.10. The summed E-state index contributed by atoms with van der Waals surface area (Å²) in [6.45, 7) is 5.21. The number of carbonyl (C=O) groups excluding carboxylic acids is 1. The minimum absolute atomic E-state index is 0.00862. The number of halogens is 2. The summed E-state index contributed by atoms with van der Waals surface area (Å²) >= 11 is 0. The van der Waals surface area contributed by atoms with Crippen LogP contribution in [-0.4, -0.2) is 87.8 Å². The fourth-order valence-electron chi connectivity index (χ4n) is 6.10. The van der Waals surface area contributed by atoms with E-state index in [1.165, 1.54) is 0 Å². The zero-order chi connectivity index (χ0) is 27.5. The largest absolute Gasteiger partial charge is 0.496 e. The Morgan fingerprint density at radius 1 is 1.26 bits per heavy atom. The third kappa shape index (κ3) is 4.54. The first-order chi connectivity index (χ1) is 18.6. The molecule has 0 bridgehead atoms. The van der Waals surface area contributed by atoms with E-state index >= 15 is 0 Å².